The molecule has 21 heavy (non-hydrogen) atoms. The zero-order valence-corrected chi connectivity index (χ0v) is 12.3. The van der Waals surface area contributed by atoms with E-state index in [-0.39, 0.29) is 0 Å². The first kappa shape index (κ1) is 13.7. The summed E-state index contributed by atoms with van der Waals surface area (Å²) in [5.41, 5.74) is 2.14. The van der Waals surface area contributed by atoms with Crippen molar-refractivity contribution in [2.45, 2.75) is 18.9 Å². The molecule has 0 bridgehead atoms. The first-order chi connectivity index (χ1) is 10.1. The van der Waals surface area contributed by atoms with Crippen molar-refractivity contribution in [2.24, 2.45) is 0 Å². The van der Waals surface area contributed by atoms with Crippen LogP contribution in [-0.2, 0) is 12.0 Å². The van der Waals surface area contributed by atoms with E-state index in [1.165, 1.54) is 0 Å². The van der Waals surface area contributed by atoms with E-state index in [0.717, 1.165) is 27.8 Å². The van der Waals surface area contributed by atoms with E-state index < -0.39 is 5.60 Å². The second kappa shape index (κ2) is 5.26. The summed E-state index contributed by atoms with van der Waals surface area (Å²) in [4.78, 5) is 3.18. The molecule has 1 heterocycles. The first-order valence-corrected chi connectivity index (χ1v) is 7.02. The Hall–Kier alpha value is -2.26. The summed E-state index contributed by atoms with van der Waals surface area (Å²) in [6.07, 6.45) is 2.46. The van der Waals surface area contributed by atoms with Gasteiger partial charge in [0.1, 0.15) is 5.75 Å². The van der Waals surface area contributed by atoms with Crippen LogP contribution in [0.5, 0.6) is 5.75 Å². The van der Waals surface area contributed by atoms with Gasteiger partial charge in [-0.1, -0.05) is 24.3 Å². The molecule has 0 aliphatic carbocycles. The zero-order valence-electron chi connectivity index (χ0n) is 12.3. The Balaban J connectivity index is 1.93. The maximum absolute atomic E-state index is 10.9. The predicted molar refractivity (Wildman–Crippen MR) is 84.6 cm³/mol. The molecule has 1 atom stereocenters. The molecule has 1 unspecified atom stereocenters. The number of fused-ring (bicyclic) bond motifs is 1. The Morgan fingerprint density at radius 2 is 1.86 bits per heavy atom. The molecular formula is C18H19NO2. The minimum atomic E-state index is -0.920. The molecule has 0 saturated heterocycles. The molecule has 0 saturated carbocycles. The molecule has 108 valence electrons. The minimum absolute atomic E-state index is 0.557. The molecule has 2 N–H and O–H groups in total. The summed E-state index contributed by atoms with van der Waals surface area (Å²) in [5, 5.41) is 12.0. The van der Waals surface area contributed by atoms with E-state index in [2.05, 4.69) is 4.98 Å². The lowest BCUT2D eigenvalue weighted by atomic mass is 9.87. The third-order valence-electron chi connectivity index (χ3n) is 3.88. The number of aromatic nitrogens is 1. The highest BCUT2D eigenvalue weighted by molar-refractivity contribution is 5.83. The number of methoxy groups -OCH3 is 1. The van der Waals surface area contributed by atoms with Gasteiger partial charge in [-0.3, -0.25) is 0 Å². The Morgan fingerprint density at radius 1 is 1.10 bits per heavy atom. The van der Waals surface area contributed by atoms with E-state index in [1.807, 2.05) is 61.7 Å². The largest absolute Gasteiger partial charge is 0.497 e. The minimum Gasteiger partial charge on any atom is -0.497 e. The fourth-order valence-corrected chi connectivity index (χ4v) is 2.79. The van der Waals surface area contributed by atoms with Crippen molar-refractivity contribution in [3.8, 4) is 5.75 Å². The summed E-state index contributed by atoms with van der Waals surface area (Å²) < 4.78 is 5.16. The molecule has 3 rings (SSSR count). The van der Waals surface area contributed by atoms with Crippen molar-refractivity contribution in [2.75, 3.05) is 7.11 Å². The second-order valence-electron chi connectivity index (χ2n) is 5.54. The Kier molecular flexibility index (Phi) is 3.43. The van der Waals surface area contributed by atoms with Gasteiger partial charge >= 0.3 is 0 Å². The Morgan fingerprint density at radius 3 is 2.57 bits per heavy atom. The van der Waals surface area contributed by atoms with Gasteiger partial charge in [-0.25, -0.2) is 0 Å². The molecule has 0 spiro atoms. The molecule has 0 fully saturated rings. The van der Waals surface area contributed by atoms with Crippen molar-refractivity contribution in [3.05, 3.63) is 65.9 Å². The van der Waals surface area contributed by atoms with Crippen molar-refractivity contribution < 1.29 is 9.84 Å². The number of aromatic amines is 1. The van der Waals surface area contributed by atoms with Crippen LogP contribution >= 0.6 is 0 Å². The van der Waals surface area contributed by atoms with Gasteiger partial charge in [-0.05, 0) is 42.3 Å². The average Bonchev–Trinajstić information content (AvgIpc) is 2.95. The number of benzene rings is 2. The van der Waals surface area contributed by atoms with Gasteiger partial charge in [-0.2, -0.15) is 0 Å². The van der Waals surface area contributed by atoms with Crippen molar-refractivity contribution in [1.82, 2.24) is 4.98 Å². The van der Waals surface area contributed by atoms with Crippen LogP contribution in [0, 0.1) is 0 Å². The second-order valence-corrected chi connectivity index (χ2v) is 5.54. The van der Waals surface area contributed by atoms with Crippen LogP contribution in [0.3, 0.4) is 0 Å². The number of rotatable bonds is 4. The molecule has 3 nitrogen and oxygen atoms in total. The van der Waals surface area contributed by atoms with Gasteiger partial charge in [0.15, 0.2) is 0 Å². The number of hydrogen-bond donors (Lipinski definition) is 2. The van der Waals surface area contributed by atoms with E-state index in [4.69, 9.17) is 4.74 Å². The van der Waals surface area contributed by atoms with E-state index in [9.17, 15) is 5.11 Å². The molecule has 3 heteroatoms. The van der Waals surface area contributed by atoms with Gasteiger partial charge < -0.3 is 14.8 Å². The lowest BCUT2D eigenvalue weighted by Gasteiger charge is -2.25. The van der Waals surface area contributed by atoms with E-state index in [0.29, 0.717) is 6.42 Å². The number of aliphatic hydroxyl groups is 1. The summed E-state index contributed by atoms with van der Waals surface area (Å²) in [5.74, 6) is 0.825. The number of H-pyrrole nitrogens is 1. The van der Waals surface area contributed by atoms with Crippen LogP contribution < -0.4 is 4.74 Å². The molecule has 0 amide bonds. The van der Waals surface area contributed by atoms with Crippen LogP contribution in [0.4, 0.5) is 0 Å². The van der Waals surface area contributed by atoms with Crippen molar-refractivity contribution in [1.29, 1.82) is 0 Å². The third kappa shape index (κ3) is 2.65. The topological polar surface area (TPSA) is 45.2 Å². The lowest BCUT2D eigenvalue weighted by Crippen LogP contribution is -2.24. The summed E-state index contributed by atoms with van der Waals surface area (Å²) >= 11 is 0. The molecular weight excluding hydrogens is 262 g/mol. The van der Waals surface area contributed by atoms with Crippen LogP contribution in [0.2, 0.25) is 0 Å². The zero-order chi connectivity index (χ0) is 14.9. The normalized spacial score (nSPS) is 14.0. The number of hydrogen-bond acceptors (Lipinski definition) is 2. The molecule has 3 aromatic rings. The summed E-state index contributed by atoms with van der Waals surface area (Å²) in [6, 6.07) is 15.8. The monoisotopic (exact) mass is 281 g/mol. The summed E-state index contributed by atoms with van der Waals surface area (Å²) in [6.45, 7) is 1.86. The smallest absolute Gasteiger partial charge is 0.118 e. The van der Waals surface area contributed by atoms with Crippen LogP contribution in [-0.4, -0.2) is 17.2 Å². The summed E-state index contributed by atoms with van der Waals surface area (Å²) in [7, 11) is 1.65. The van der Waals surface area contributed by atoms with E-state index in [1.54, 1.807) is 7.11 Å². The van der Waals surface area contributed by atoms with Gasteiger partial charge in [0.25, 0.3) is 0 Å². The lowest BCUT2D eigenvalue weighted by molar-refractivity contribution is 0.0592. The molecule has 2 aromatic carbocycles. The van der Waals surface area contributed by atoms with Gasteiger partial charge in [0.2, 0.25) is 0 Å². The first-order valence-electron chi connectivity index (χ1n) is 7.02. The fraction of sp³-hybridized carbons (Fsp3) is 0.222. The molecule has 1 aromatic heterocycles. The van der Waals surface area contributed by atoms with Crippen LogP contribution in [0.15, 0.2) is 54.7 Å². The predicted octanol–water partition coefficient (Wildman–Crippen LogP) is 3.63. The van der Waals surface area contributed by atoms with Gasteiger partial charge in [0.05, 0.1) is 12.7 Å². The molecule has 0 aliphatic heterocycles. The third-order valence-corrected chi connectivity index (χ3v) is 3.88. The van der Waals surface area contributed by atoms with Gasteiger partial charge in [-0.15, -0.1) is 0 Å². The number of ether oxygens (including phenoxy) is 1. The average molecular weight is 281 g/mol. The maximum atomic E-state index is 10.9. The highest BCUT2D eigenvalue weighted by Crippen LogP contribution is 2.31. The number of nitrogens with one attached hydrogen (secondary N) is 1. The van der Waals surface area contributed by atoms with Crippen LogP contribution in [0.1, 0.15) is 18.1 Å². The van der Waals surface area contributed by atoms with Gasteiger partial charge in [0, 0.05) is 23.5 Å². The highest BCUT2D eigenvalue weighted by Gasteiger charge is 2.25. The maximum Gasteiger partial charge on any atom is 0.118 e. The van der Waals surface area contributed by atoms with E-state index >= 15 is 0 Å². The SMILES string of the molecule is COc1ccc(CC(C)(O)c2cccc3[nH]ccc23)cc1. The molecule has 0 radical (unpaired) electrons. The fourth-order valence-electron chi connectivity index (χ4n) is 2.79. The quantitative estimate of drug-likeness (QED) is 0.767. The highest BCUT2D eigenvalue weighted by atomic mass is 16.5. The Bertz CT molecular complexity index is 741. The van der Waals surface area contributed by atoms with Crippen molar-refractivity contribution in [3.63, 3.8) is 0 Å². The molecule has 0 aliphatic rings. The van der Waals surface area contributed by atoms with Crippen LogP contribution in [0.25, 0.3) is 10.9 Å². The Labute approximate surface area is 124 Å². The van der Waals surface area contributed by atoms with Crippen molar-refractivity contribution >= 4 is 10.9 Å². The standard InChI is InChI=1S/C18H19NO2/c1-18(20,12-13-6-8-14(21-2)9-7-13)16-4-3-5-17-15(16)10-11-19-17/h3-11,19-20H,12H2,1-2H3.